The predicted octanol–water partition coefficient (Wildman–Crippen LogP) is 2.86. The van der Waals surface area contributed by atoms with E-state index in [-0.39, 0.29) is 16.9 Å². The lowest BCUT2D eigenvalue weighted by molar-refractivity contribution is 0.0601. The second-order valence-corrected chi connectivity index (χ2v) is 5.13. The van der Waals surface area contributed by atoms with Gasteiger partial charge in [0.05, 0.1) is 24.0 Å². The summed E-state index contributed by atoms with van der Waals surface area (Å²) >= 11 is 0. The van der Waals surface area contributed by atoms with E-state index >= 15 is 0 Å². The average Bonchev–Trinajstić information content (AvgIpc) is 2.62. The molecule has 0 aliphatic carbocycles. The summed E-state index contributed by atoms with van der Waals surface area (Å²) < 4.78 is 4.67. The number of nitrogens with one attached hydrogen (secondary N) is 1. The predicted molar refractivity (Wildman–Crippen MR) is 91.9 cm³/mol. The number of carbonyl (C=O) groups excluding carboxylic acids is 2. The van der Waals surface area contributed by atoms with E-state index in [1.807, 2.05) is 24.3 Å². The molecular formula is C18H15N3O3. The molecule has 0 spiro atoms. The van der Waals surface area contributed by atoms with Crippen LogP contribution < -0.4 is 11.1 Å². The number of hydrogen-bond donors (Lipinski definition) is 2. The molecule has 0 saturated carbocycles. The zero-order valence-electron chi connectivity index (χ0n) is 12.9. The molecule has 2 aromatic carbocycles. The Morgan fingerprint density at radius 3 is 2.58 bits per heavy atom. The zero-order chi connectivity index (χ0) is 17.1. The number of nitrogen functional groups attached to an aromatic ring is 1. The second-order valence-electron chi connectivity index (χ2n) is 5.13. The average molecular weight is 321 g/mol. The van der Waals surface area contributed by atoms with Crippen LogP contribution in [-0.2, 0) is 4.74 Å². The molecule has 6 nitrogen and oxygen atoms in total. The van der Waals surface area contributed by atoms with E-state index < -0.39 is 11.9 Å². The highest BCUT2D eigenvalue weighted by Crippen LogP contribution is 2.24. The Balaban J connectivity index is 1.90. The van der Waals surface area contributed by atoms with Gasteiger partial charge in [0.15, 0.2) is 0 Å². The lowest BCUT2D eigenvalue weighted by atomic mass is 10.1. The molecule has 0 fully saturated rings. The van der Waals surface area contributed by atoms with Gasteiger partial charge in [-0.15, -0.1) is 0 Å². The van der Waals surface area contributed by atoms with Gasteiger partial charge in [0.2, 0.25) is 0 Å². The molecule has 6 heteroatoms. The molecule has 1 aromatic heterocycles. The van der Waals surface area contributed by atoms with Crippen LogP contribution in [0.3, 0.4) is 0 Å². The smallest absolute Gasteiger partial charge is 0.340 e. The Hall–Kier alpha value is -3.41. The number of methoxy groups -OCH3 is 1. The largest absolute Gasteiger partial charge is 0.465 e. The highest BCUT2D eigenvalue weighted by molar-refractivity contribution is 6.08. The molecule has 0 bridgehead atoms. The Kier molecular flexibility index (Phi) is 4.11. The third kappa shape index (κ3) is 2.89. The van der Waals surface area contributed by atoms with Crippen molar-refractivity contribution in [3.05, 3.63) is 66.0 Å². The summed E-state index contributed by atoms with van der Waals surface area (Å²) in [4.78, 5) is 28.2. The highest BCUT2D eigenvalue weighted by atomic mass is 16.5. The maximum absolute atomic E-state index is 12.4. The second kappa shape index (κ2) is 6.37. The van der Waals surface area contributed by atoms with Crippen LogP contribution in [0.25, 0.3) is 10.8 Å². The van der Waals surface area contributed by atoms with Crippen molar-refractivity contribution in [2.24, 2.45) is 0 Å². The molecule has 0 radical (unpaired) electrons. The van der Waals surface area contributed by atoms with Gasteiger partial charge in [-0.1, -0.05) is 30.3 Å². The van der Waals surface area contributed by atoms with Crippen molar-refractivity contribution in [3.63, 3.8) is 0 Å². The van der Waals surface area contributed by atoms with Gasteiger partial charge >= 0.3 is 5.97 Å². The molecule has 3 N–H and O–H groups in total. The van der Waals surface area contributed by atoms with E-state index in [0.29, 0.717) is 5.69 Å². The summed E-state index contributed by atoms with van der Waals surface area (Å²) in [5, 5.41) is 4.53. The van der Waals surface area contributed by atoms with Gasteiger partial charge < -0.3 is 15.8 Å². The third-order valence-electron chi connectivity index (χ3n) is 3.62. The van der Waals surface area contributed by atoms with Crippen molar-refractivity contribution < 1.29 is 14.3 Å². The number of hydrogen-bond acceptors (Lipinski definition) is 5. The van der Waals surface area contributed by atoms with Crippen LogP contribution in [0.2, 0.25) is 0 Å². The number of esters is 1. The molecule has 1 amide bonds. The molecule has 0 saturated heterocycles. The van der Waals surface area contributed by atoms with Gasteiger partial charge in [0, 0.05) is 11.6 Å². The number of para-hydroxylation sites is 1. The van der Waals surface area contributed by atoms with Gasteiger partial charge in [-0.2, -0.15) is 0 Å². The molecule has 3 aromatic rings. The van der Waals surface area contributed by atoms with Crippen molar-refractivity contribution in [2.75, 3.05) is 18.2 Å². The number of nitrogens with zero attached hydrogens (tertiary/aromatic N) is 1. The number of fused-ring (bicyclic) bond motifs is 1. The normalized spacial score (nSPS) is 10.4. The van der Waals surface area contributed by atoms with Crippen molar-refractivity contribution in [3.8, 4) is 0 Å². The van der Waals surface area contributed by atoms with Crippen LogP contribution in [0.4, 0.5) is 11.4 Å². The maximum atomic E-state index is 12.4. The number of ether oxygens (including phenoxy) is 1. The SMILES string of the molecule is COC(=O)c1cccc(NC(=O)c2cc3ccccc3cn2)c1N. The Morgan fingerprint density at radius 1 is 1.08 bits per heavy atom. The number of amides is 1. The Morgan fingerprint density at radius 2 is 1.83 bits per heavy atom. The van der Waals surface area contributed by atoms with E-state index in [1.165, 1.54) is 13.2 Å². The first-order valence-electron chi connectivity index (χ1n) is 7.23. The minimum atomic E-state index is -0.563. The van der Waals surface area contributed by atoms with E-state index in [0.717, 1.165) is 10.8 Å². The summed E-state index contributed by atoms with van der Waals surface area (Å²) in [6, 6.07) is 14.1. The van der Waals surface area contributed by atoms with E-state index in [2.05, 4.69) is 15.0 Å². The number of pyridine rings is 1. The molecule has 0 atom stereocenters. The first-order chi connectivity index (χ1) is 11.6. The van der Waals surface area contributed by atoms with Crippen molar-refractivity contribution in [1.29, 1.82) is 0 Å². The first kappa shape index (κ1) is 15.5. The lowest BCUT2D eigenvalue weighted by Gasteiger charge is -2.11. The number of anilines is 2. The summed E-state index contributed by atoms with van der Waals surface area (Å²) in [6.07, 6.45) is 1.64. The van der Waals surface area contributed by atoms with Crippen molar-refractivity contribution in [1.82, 2.24) is 4.98 Å². The van der Waals surface area contributed by atoms with Crippen molar-refractivity contribution in [2.45, 2.75) is 0 Å². The molecule has 0 aliphatic heterocycles. The Labute approximate surface area is 138 Å². The van der Waals surface area contributed by atoms with E-state index in [4.69, 9.17) is 5.73 Å². The number of benzene rings is 2. The minimum Gasteiger partial charge on any atom is -0.465 e. The van der Waals surface area contributed by atoms with Crippen LogP contribution in [0, 0.1) is 0 Å². The number of rotatable bonds is 3. The van der Waals surface area contributed by atoms with Gasteiger partial charge in [0.1, 0.15) is 5.69 Å². The lowest BCUT2D eigenvalue weighted by Crippen LogP contribution is -2.16. The Bertz CT molecular complexity index is 938. The van der Waals surface area contributed by atoms with Crippen LogP contribution in [0.1, 0.15) is 20.8 Å². The molecule has 24 heavy (non-hydrogen) atoms. The third-order valence-corrected chi connectivity index (χ3v) is 3.62. The number of carbonyl (C=O) groups is 2. The molecular weight excluding hydrogens is 306 g/mol. The number of nitrogens with two attached hydrogens (primary N) is 1. The summed E-state index contributed by atoms with van der Waals surface area (Å²) in [7, 11) is 1.27. The van der Waals surface area contributed by atoms with Gasteiger partial charge in [-0.3, -0.25) is 9.78 Å². The summed E-state index contributed by atoms with van der Waals surface area (Å²) in [6.45, 7) is 0. The highest BCUT2D eigenvalue weighted by Gasteiger charge is 2.15. The van der Waals surface area contributed by atoms with Crippen molar-refractivity contribution >= 4 is 34.0 Å². The molecule has 3 rings (SSSR count). The monoisotopic (exact) mass is 321 g/mol. The first-order valence-corrected chi connectivity index (χ1v) is 7.23. The molecule has 0 unspecified atom stereocenters. The van der Waals surface area contributed by atoms with Crippen LogP contribution in [-0.4, -0.2) is 24.0 Å². The molecule has 1 heterocycles. The number of aromatic nitrogens is 1. The minimum absolute atomic E-state index is 0.151. The van der Waals surface area contributed by atoms with Gasteiger partial charge in [-0.25, -0.2) is 4.79 Å². The van der Waals surface area contributed by atoms with E-state index in [9.17, 15) is 9.59 Å². The zero-order valence-corrected chi connectivity index (χ0v) is 12.9. The van der Waals surface area contributed by atoms with Crippen LogP contribution in [0.5, 0.6) is 0 Å². The molecule has 0 aliphatic rings. The fraction of sp³-hybridized carbons (Fsp3) is 0.0556. The fourth-order valence-electron chi connectivity index (χ4n) is 2.36. The summed E-state index contributed by atoms with van der Waals surface area (Å²) in [5.74, 6) is -0.970. The summed E-state index contributed by atoms with van der Waals surface area (Å²) in [5.41, 5.74) is 6.88. The molecule has 120 valence electrons. The van der Waals surface area contributed by atoms with Crippen LogP contribution >= 0.6 is 0 Å². The fourth-order valence-corrected chi connectivity index (χ4v) is 2.36. The quantitative estimate of drug-likeness (QED) is 0.571. The van der Waals surface area contributed by atoms with Gasteiger partial charge in [-0.05, 0) is 23.6 Å². The van der Waals surface area contributed by atoms with Crippen LogP contribution in [0.15, 0.2) is 54.7 Å². The topological polar surface area (TPSA) is 94.3 Å². The van der Waals surface area contributed by atoms with Gasteiger partial charge in [0.25, 0.3) is 5.91 Å². The standard InChI is InChI=1S/C18H15N3O3/c1-24-18(23)13-7-4-8-14(16(13)19)21-17(22)15-9-11-5-2-3-6-12(11)10-20-15/h2-10H,19H2,1H3,(H,21,22). The van der Waals surface area contributed by atoms with E-state index in [1.54, 1.807) is 24.4 Å². The maximum Gasteiger partial charge on any atom is 0.340 e.